The van der Waals surface area contributed by atoms with Crippen LogP contribution in [0.5, 0.6) is 0 Å². The van der Waals surface area contributed by atoms with Crippen molar-refractivity contribution in [3.05, 3.63) is 0 Å². The number of hydrogen-bond acceptors (Lipinski definition) is 3. The Morgan fingerprint density at radius 2 is 1.61 bits per heavy atom. The van der Waals surface area contributed by atoms with Gasteiger partial charge in [0.15, 0.2) is 0 Å². The van der Waals surface area contributed by atoms with Crippen LogP contribution >= 0.6 is 0 Å². The van der Waals surface area contributed by atoms with Crippen LogP contribution in [-0.4, -0.2) is 55.1 Å². The van der Waals surface area contributed by atoms with Gasteiger partial charge < -0.3 is 10.6 Å². The summed E-state index contributed by atoms with van der Waals surface area (Å²) in [5, 5.41) is 0. The molecule has 1 aliphatic heterocycles. The zero-order chi connectivity index (χ0) is 13.2. The molecular weight excluding hydrogens is 222 g/mol. The fraction of sp³-hybridized carbons (Fsp3) is 1.00. The van der Waals surface area contributed by atoms with Crippen molar-refractivity contribution in [1.82, 2.24) is 9.80 Å². The summed E-state index contributed by atoms with van der Waals surface area (Å²) in [6, 6.07) is 0.630. The van der Waals surface area contributed by atoms with E-state index in [1.807, 2.05) is 0 Å². The highest BCUT2D eigenvalue weighted by molar-refractivity contribution is 4.78. The van der Waals surface area contributed by atoms with E-state index >= 15 is 0 Å². The van der Waals surface area contributed by atoms with E-state index in [0.717, 1.165) is 6.54 Å². The molecule has 0 bridgehead atoms. The first-order chi connectivity index (χ1) is 8.81. The third-order valence-corrected chi connectivity index (χ3v) is 4.28. The molecule has 0 spiro atoms. The highest BCUT2D eigenvalue weighted by atomic mass is 15.3. The van der Waals surface area contributed by atoms with E-state index in [0.29, 0.717) is 6.04 Å². The molecule has 0 aromatic rings. The first-order valence-electron chi connectivity index (χ1n) is 7.98. The predicted octanol–water partition coefficient (Wildman–Crippen LogP) is 2.31. The molecule has 108 valence electrons. The monoisotopic (exact) mass is 255 g/mol. The van der Waals surface area contributed by atoms with E-state index in [1.165, 1.54) is 71.2 Å². The molecule has 0 aliphatic carbocycles. The molecule has 1 fully saturated rings. The normalized spacial score (nSPS) is 20.2. The minimum Gasteiger partial charge on any atom is -0.329 e. The molecule has 3 nitrogen and oxygen atoms in total. The van der Waals surface area contributed by atoms with Gasteiger partial charge in [0.05, 0.1) is 0 Å². The number of rotatable bonds is 9. The molecule has 0 aromatic heterocycles. The Balaban J connectivity index is 2.16. The molecule has 1 saturated heterocycles. The van der Waals surface area contributed by atoms with Crippen LogP contribution in [0.1, 0.15) is 52.4 Å². The summed E-state index contributed by atoms with van der Waals surface area (Å²) < 4.78 is 0. The fourth-order valence-electron chi connectivity index (χ4n) is 2.88. The van der Waals surface area contributed by atoms with E-state index in [9.17, 15) is 0 Å². The van der Waals surface area contributed by atoms with Gasteiger partial charge in [-0.15, -0.1) is 0 Å². The molecular formula is C15H33N3. The quantitative estimate of drug-likeness (QED) is 0.642. The number of piperazine rings is 1. The van der Waals surface area contributed by atoms with Gasteiger partial charge in [-0.3, -0.25) is 4.90 Å². The van der Waals surface area contributed by atoms with Gasteiger partial charge in [0.2, 0.25) is 0 Å². The molecule has 1 atom stereocenters. The Hall–Kier alpha value is -0.120. The Morgan fingerprint density at radius 1 is 0.944 bits per heavy atom. The summed E-state index contributed by atoms with van der Waals surface area (Å²) >= 11 is 0. The summed E-state index contributed by atoms with van der Waals surface area (Å²) in [5.74, 6) is 0. The van der Waals surface area contributed by atoms with Crippen molar-refractivity contribution in [2.75, 3.05) is 39.3 Å². The van der Waals surface area contributed by atoms with Gasteiger partial charge in [0.25, 0.3) is 0 Å². The lowest BCUT2D eigenvalue weighted by atomic mass is 10.0. The highest BCUT2D eigenvalue weighted by Crippen LogP contribution is 2.13. The molecule has 0 saturated carbocycles. The second kappa shape index (κ2) is 9.76. The smallest absolute Gasteiger partial charge is 0.0219 e. The molecule has 2 N–H and O–H groups in total. The lowest BCUT2D eigenvalue weighted by Gasteiger charge is -2.38. The van der Waals surface area contributed by atoms with Crippen molar-refractivity contribution in [3.63, 3.8) is 0 Å². The van der Waals surface area contributed by atoms with E-state index in [2.05, 4.69) is 23.6 Å². The summed E-state index contributed by atoms with van der Waals surface area (Å²) in [6.45, 7) is 11.4. The predicted molar refractivity (Wildman–Crippen MR) is 79.9 cm³/mol. The molecule has 3 heteroatoms. The minimum absolute atomic E-state index is 0.630. The van der Waals surface area contributed by atoms with Gasteiger partial charge in [0, 0.05) is 38.8 Å². The second-order valence-electron chi connectivity index (χ2n) is 5.56. The van der Waals surface area contributed by atoms with Crippen molar-refractivity contribution in [1.29, 1.82) is 0 Å². The topological polar surface area (TPSA) is 32.5 Å². The number of nitrogens with two attached hydrogens (primary N) is 1. The third-order valence-electron chi connectivity index (χ3n) is 4.28. The zero-order valence-corrected chi connectivity index (χ0v) is 12.5. The Morgan fingerprint density at radius 3 is 2.17 bits per heavy atom. The third kappa shape index (κ3) is 5.68. The molecule has 0 aromatic carbocycles. The molecule has 0 radical (unpaired) electrons. The summed E-state index contributed by atoms with van der Waals surface area (Å²) in [4.78, 5) is 5.15. The zero-order valence-electron chi connectivity index (χ0n) is 12.5. The molecule has 0 amide bonds. The standard InChI is InChI=1S/C15H33N3/c1-3-5-6-7-8-9-15(14-16)18-12-10-17(4-2)11-13-18/h15H,3-14,16H2,1-2H3. The lowest BCUT2D eigenvalue weighted by molar-refractivity contribution is 0.0969. The van der Waals surface area contributed by atoms with Crippen molar-refractivity contribution in [2.24, 2.45) is 5.73 Å². The van der Waals surface area contributed by atoms with Gasteiger partial charge in [-0.2, -0.15) is 0 Å². The number of nitrogens with zero attached hydrogens (tertiary/aromatic N) is 2. The van der Waals surface area contributed by atoms with Gasteiger partial charge in [-0.25, -0.2) is 0 Å². The molecule has 1 rings (SSSR count). The maximum absolute atomic E-state index is 5.96. The minimum atomic E-state index is 0.630. The second-order valence-corrected chi connectivity index (χ2v) is 5.56. The van der Waals surface area contributed by atoms with Gasteiger partial charge in [-0.1, -0.05) is 46.0 Å². The Labute approximate surface area is 114 Å². The molecule has 18 heavy (non-hydrogen) atoms. The average Bonchev–Trinajstić information content (AvgIpc) is 2.43. The van der Waals surface area contributed by atoms with E-state index in [4.69, 9.17) is 5.73 Å². The Kier molecular flexibility index (Phi) is 8.64. The molecule has 1 aliphatic rings. The van der Waals surface area contributed by atoms with E-state index in [1.54, 1.807) is 0 Å². The first kappa shape index (κ1) is 15.9. The largest absolute Gasteiger partial charge is 0.329 e. The Bertz CT molecular complexity index is 188. The highest BCUT2D eigenvalue weighted by Gasteiger charge is 2.21. The maximum atomic E-state index is 5.96. The van der Waals surface area contributed by atoms with Crippen molar-refractivity contribution in [2.45, 2.75) is 58.4 Å². The van der Waals surface area contributed by atoms with Crippen LogP contribution in [0.3, 0.4) is 0 Å². The van der Waals surface area contributed by atoms with Crippen molar-refractivity contribution < 1.29 is 0 Å². The average molecular weight is 255 g/mol. The molecule has 1 unspecified atom stereocenters. The van der Waals surface area contributed by atoms with Crippen LogP contribution in [0.2, 0.25) is 0 Å². The van der Waals surface area contributed by atoms with Crippen molar-refractivity contribution in [3.8, 4) is 0 Å². The van der Waals surface area contributed by atoms with Crippen LogP contribution < -0.4 is 5.73 Å². The van der Waals surface area contributed by atoms with E-state index < -0.39 is 0 Å². The van der Waals surface area contributed by atoms with Gasteiger partial charge in [0.1, 0.15) is 0 Å². The van der Waals surface area contributed by atoms with Crippen LogP contribution in [0.15, 0.2) is 0 Å². The molecule has 1 heterocycles. The van der Waals surface area contributed by atoms with E-state index in [-0.39, 0.29) is 0 Å². The SMILES string of the molecule is CCCCCCCC(CN)N1CCN(CC)CC1. The number of likely N-dealkylation sites (N-methyl/N-ethyl adjacent to an activating group) is 1. The maximum Gasteiger partial charge on any atom is 0.0219 e. The van der Waals surface area contributed by atoms with Crippen LogP contribution in [-0.2, 0) is 0 Å². The summed E-state index contributed by atoms with van der Waals surface area (Å²) in [7, 11) is 0. The summed E-state index contributed by atoms with van der Waals surface area (Å²) in [6.07, 6.45) is 8.17. The lowest BCUT2D eigenvalue weighted by Crippen LogP contribution is -2.52. The fourth-order valence-corrected chi connectivity index (χ4v) is 2.88. The van der Waals surface area contributed by atoms with Crippen molar-refractivity contribution >= 4 is 0 Å². The number of hydrogen-bond donors (Lipinski definition) is 1. The summed E-state index contributed by atoms with van der Waals surface area (Å²) in [5.41, 5.74) is 5.96. The van der Waals surface area contributed by atoms with Gasteiger partial charge >= 0.3 is 0 Å². The first-order valence-corrected chi connectivity index (χ1v) is 7.98. The number of unbranched alkanes of at least 4 members (excludes halogenated alkanes) is 4. The van der Waals surface area contributed by atoms with Crippen LogP contribution in [0.4, 0.5) is 0 Å². The van der Waals surface area contributed by atoms with Gasteiger partial charge in [-0.05, 0) is 13.0 Å². The van der Waals surface area contributed by atoms with Crippen LogP contribution in [0, 0.1) is 0 Å². The van der Waals surface area contributed by atoms with Crippen LogP contribution in [0.25, 0.3) is 0 Å².